The number of benzene rings is 2. The molecule has 0 aliphatic heterocycles. The lowest BCUT2D eigenvalue weighted by Crippen LogP contribution is -2.33. The zero-order valence-corrected chi connectivity index (χ0v) is 19.0. The first-order valence-corrected chi connectivity index (χ1v) is 10.8. The van der Waals surface area contributed by atoms with Gasteiger partial charge in [0, 0.05) is 30.0 Å². The van der Waals surface area contributed by atoms with Gasteiger partial charge in [0.1, 0.15) is 5.60 Å². The van der Waals surface area contributed by atoms with Crippen molar-refractivity contribution in [2.45, 2.75) is 59.2 Å². The van der Waals surface area contributed by atoms with Gasteiger partial charge in [0.05, 0.1) is 6.61 Å². The molecule has 0 bridgehead atoms. The number of anilines is 1. The summed E-state index contributed by atoms with van der Waals surface area (Å²) in [6.45, 7) is 9.09. The summed E-state index contributed by atoms with van der Waals surface area (Å²) in [5.74, 6) is -0.122. The van der Waals surface area contributed by atoms with Crippen LogP contribution in [0.3, 0.4) is 0 Å². The first-order valence-electron chi connectivity index (χ1n) is 10.8. The summed E-state index contributed by atoms with van der Waals surface area (Å²) in [4.78, 5) is 24.2. The monoisotopic (exact) mass is 426 g/mol. The standard InChI is InChI=1S/C25H34N2O4/c1-19-12-6-8-14-21(19)23(28)27-22-15-9-7-13-20(22)18-30-17-11-5-10-16-26-24(29)31-25(2,3)4/h6-9,12-15H,5,10-11,16-18H2,1-4H3,(H,26,29)(H,27,28). The van der Waals surface area contributed by atoms with Crippen molar-refractivity contribution in [1.29, 1.82) is 0 Å². The number of ether oxygens (including phenoxy) is 2. The lowest BCUT2D eigenvalue weighted by molar-refractivity contribution is 0.0526. The van der Waals surface area contributed by atoms with Gasteiger partial charge in [-0.2, -0.15) is 0 Å². The Kier molecular flexibility index (Phi) is 9.53. The molecule has 2 N–H and O–H groups in total. The minimum atomic E-state index is -0.479. The number of carbonyl (C=O) groups excluding carboxylic acids is 2. The van der Waals surface area contributed by atoms with Crippen LogP contribution < -0.4 is 10.6 Å². The van der Waals surface area contributed by atoms with Gasteiger partial charge in [-0.25, -0.2) is 4.79 Å². The summed E-state index contributed by atoms with van der Waals surface area (Å²) in [5, 5.41) is 5.75. The van der Waals surface area contributed by atoms with E-state index in [9.17, 15) is 9.59 Å². The molecule has 0 saturated heterocycles. The van der Waals surface area contributed by atoms with Crippen LogP contribution in [0.5, 0.6) is 0 Å². The molecule has 2 rings (SSSR count). The number of unbranched alkanes of at least 4 members (excludes halogenated alkanes) is 2. The SMILES string of the molecule is Cc1ccccc1C(=O)Nc1ccccc1COCCCCCNC(=O)OC(C)(C)C. The van der Waals surface area contributed by atoms with Crippen LogP contribution in [0, 0.1) is 6.92 Å². The van der Waals surface area contributed by atoms with Gasteiger partial charge < -0.3 is 20.1 Å². The molecule has 0 heterocycles. The molecule has 0 aromatic heterocycles. The van der Waals surface area contributed by atoms with E-state index in [-0.39, 0.29) is 12.0 Å². The molecule has 0 radical (unpaired) electrons. The van der Waals surface area contributed by atoms with Crippen molar-refractivity contribution in [3.63, 3.8) is 0 Å². The molecule has 0 spiro atoms. The summed E-state index contributed by atoms with van der Waals surface area (Å²) in [6, 6.07) is 15.2. The molecular formula is C25H34N2O4. The molecular weight excluding hydrogens is 392 g/mol. The number of nitrogens with one attached hydrogen (secondary N) is 2. The van der Waals surface area contributed by atoms with E-state index < -0.39 is 5.60 Å². The summed E-state index contributed by atoms with van der Waals surface area (Å²) in [7, 11) is 0. The minimum absolute atomic E-state index is 0.122. The normalized spacial score (nSPS) is 11.1. The van der Waals surface area contributed by atoms with Crippen LogP contribution in [-0.2, 0) is 16.1 Å². The van der Waals surface area contributed by atoms with E-state index in [0.29, 0.717) is 25.3 Å². The van der Waals surface area contributed by atoms with Gasteiger partial charge in [-0.1, -0.05) is 36.4 Å². The van der Waals surface area contributed by atoms with Gasteiger partial charge in [-0.05, 0) is 64.7 Å². The molecule has 2 aromatic carbocycles. The van der Waals surface area contributed by atoms with Crippen LogP contribution in [0.2, 0.25) is 0 Å². The second kappa shape index (κ2) is 12.1. The van der Waals surface area contributed by atoms with E-state index in [1.807, 2.05) is 76.2 Å². The molecule has 0 atom stereocenters. The second-order valence-electron chi connectivity index (χ2n) is 8.47. The van der Waals surface area contributed by atoms with Crippen LogP contribution in [-0.4, -0.2) is 30.8 Å². The lowest BCUT2D eigenvalue weighted by atomic mass is 10.1. The first kappa shape index (κ1) is 24.4. The van der Waals surface area contributed by atoms with Crippen molar-refractivity contribution >= 4 is 17.7 Å². The van der Waals surface area contributed by atoms with Crippen molar-refractivity contribution in [3.05, 3.63) is 65.2 Å². The third kappa shape index (κ3) is 9.22. The largest absolute Gasteiger partial charge is 0.444 e. The minimum Gasteiger partial charge on any atom is -0.444 e. The number of hydrogen-bond donors (Lipinski definition) is 2. The van der Waals surface area contributed by atoms with E-state index in [2.05, 4.69) is 10.6 Å². The van der Waals surface area contributed by atoms with Crippen molar-refractivity contribution in [3.8, 4) is 0 Å². The highest BCUT2D eigenvalue weighted by Gasteiger charge is 2.15. The molecule has 31 heavy (non-hydrogen) atoms. The van der Waals surface area contributed by atoms with Crippen LogP contribution in [0.1, 0.15) is 61.5 Å². The number of alkyl carbamates (subject to hydrolysis) is 1. The Balaban J connectivity index is 1.69. The zero-order valence-electron chi connectivity index (χ0n) is 19.0. The van der Waals surface area contributed by atoms with Crippen LogP contribution in [0.15, 0.2) is 48.5 Å². The van der Waals surface area contributed by atoms with Crippen molar-refractivity contribution in [2.75, 3.05) is 18.5 Å². The Morgan fingerprint density at radius 2 is 1.65 bits per heavy atom. The predicted octanol–water partition coefficient (Wildman–Crippen LogP) is 5.46. The average molecular weight is 427 g/mol. The molecule has 2 aromatic rings. The van der Waals surface area contributed by atoms with Crippen molar-refractivity contribution in [1.82, 2.24) is 5.32 Å². The summed E-state index contributed by atoms with van der Waals surface area (Å²) in [5.41, 5.74) is 2.83. The molecule has 0 aliphatic rings. The Morgan fingerprint density at radius 3 is 2.39 bits per heavy atom. The highest BCUT2D eigenvalue weighted by atomic mass is 16.6. The quantitative estimate of drug-likeness (QED) is 0.495. The summed E-state index contributed by atoms with van der Waals surface area (Å²) >= 11 is 0. The molecule has 0 aliphatic carbocycles. The summed E-state index contributed by atoms with van der Waals surface area (Å²) in [6.07, 6.45) is 2.33. The van der Waals surface area contributed by atoms with Crippen LogP contribution in [0.25, 0.3) is 0 Å². The van der Waals surface area contributed by atoms with Crippen LogP contribution >= 0.6 is 0 Å². The third-order valence-electron chi connectivity index (χ3n) is 4.55. The van der Waals surface area contributed by atoms with Gasteiger partial charge in [0.25, 0.3) is 5.91 Å². The topological polar surface area (TPSA) is 76.7 Å². The van der Waals surface area contributed by atoms with Gasteiger partial charge >= 0.3 is 6.09 Å². The Hall–Kier alpha value is -2.86. The smallest absolute Gasteiger partial charge is 0.407 e. The molecule has 168 valence electrons. The highest BCUT2D eigenvalue weighted by Crippen LogP contribution is 2.18. The molecule has 2 amide bonds. The molecule has 0 saturated carbocycles. The number of hydrogen-bond acceptors (Lipinski definition) is 4. The maximum Gasteiger partial charge on any atom is 0.407 e. The lowest BCUT2D eigenvalue weighted by Gasteiger charge is -2.19. The van der Waals surface area contributed by atoms with Crippen LogP contribution in [0.4, 0.5) is 10.5 Å². The number of aryl methyl sites for hydroxylation is 1. The van der Waals surface area contributed by atoms with Gasteiger partial charge in [-0.15, -0.1) is 0 Å². The zero-order chi connectivity index (χ0) is 22.7. The van der Waals surface area contributed by atoms with Gasteiger partial charge in [0.2, 0.25) is 0 Å². The Labute approximate surface area is 185 Å². The van der Waals surface area contributed by atoms with E-state index in [0.717, 1.165) is 36.1 Å². The second-order valence-corrected chi connectivity index (χ2v) is 8.47. The summed E-state index contributed by atoms with van der Waals surface area (Å²) < 4.78 is 11.0. The third-order valence-corrected chi connectivity index (χ3v) is 4.55. The van der Waals surface area contributed by atoms with Crippen molar-refractivity contribution in [2.24, 2.45) is 0 Å². The fraction of sp³-hybridized carbons (Fsp3) is 0.440. The maximum atomic E-state index is 12.6. The number of rotatable bonds is 10. The Bertz CT molecular complexity index is 859. The average Bonchev–Trinajstić information content (AvgIpc) is 2.70. The van der Waals surface area contributed by atoms with Crippen molar-refractivity contribution < 1.29 is 19.1 Å². The van der Waals surface area contributed by atoms with E-state index in [1.54, 1.807) is 0 Å². The Morgan fingerprint density at radius 1 is 0.935 bits per heavy atom. The van der Waals surface area contributed by atoms with E-state index in [1.165, 1.54) is 0 Å². The highest BCUT2D eigenvalue weighted by molar-refractivity contribution is 6.05. The number of para-hydroxylation sites is 1. The molecule has 6 heteroatoms. The molecule has 0 unspecified atom stereocenters. The molecule has 0 fully saturated rings. The number of carbonyl (C=O) groups is 2. The maximum absolute atomic E-state index is 12.6. The van der Waals surface area contributed by atoms with E-state index >= 15 is 0 Å². The van der Waals surface area contributed by atoms with Gasteiger partial charge in [-0.3, -0.25) is 4.79 Å². The first-order chi connectivity index (χ1) is 14.8. The van der Waals surface area contributed by atoms with E-state index in [4.69, 9.17) is 9.47 Å². The molecule has 6 nitrogen and oxygen atoms in total. The number of amides is 2. The fourth-order valence-corrected chi connectivity index (χ4v) is 2.98. The fourth-order valence-electron chi connectivity index (χ4n) is 2.98. The van der Waals surface area contributed by atoms with Gasteiger partial charge in [0.15, 0.2) is 0 Å². The predicted molar refractivity (Wildman–Crippen MR) is 123 cm³/mol.